The molecule has 1 saturated heterocycles. The number of aliphatic carboxylic acids is 1. The van der Waals surface area contributed by atoms with Gasteiger partial charge in [0, 0.05) is 26.1 Å². The molecule has 4 amide bonds. The van der Waals surface area contributed by atoms with Gasteiger partial charge in [-0.2, -0.15) is 0 Å². The lowest BCUT2D eigenvalue weighted by molar-refractivity contribution is -0.137. The highest BCUT2D eigenvalue weighted by Crippen LogP contribution is 2.41. The number of nitrogens with one attached hydrogen (secondary N) is 2. The quantitative estimate of drug-likeness (QED) is 0.401. The van der Waals surface area contributed by atoms with Gasteiger partial charge in [-0.25, -0.2) is 4.79 Å². The monoisotopic (exact) mass is 560 g/mol. The van der Waals surface area contributed by atoms with Crippen molar-refractivity contribution in [3.8, 4) is 0 Å². The molecule has 2 aromatic carbocycles. The van der Waals surface area contributed by atoms with E-state index in [2.05, 4.69) is 10.6 Å². The van der Waals surface area contributed by atoms with E-state index in [1.165, 1.54) is 19.9 Å². The van der Waals surface area contributed by atoms with Gasteiger partial charge in [0.2, 0.25) is 17.7 Å². The second-order valence-electron chi connectivity index (χ2n) is 10.7. The molecule has 0 aromatic heterocycles. The van der Waals surface area contributed by atoms with Gasteiger partial charge in [0.15, 0.2) is 0 Å². The number of carboxylic acid groups (broad SMARTS) is 1. The molecule has 1 saturated carbocycles. The van der Waals surface area contributed by atoms with Crippen LogP contribution in [0.25, 0.3) is 6.08 Å². The van der Waals surface area contributed by atoms with Gasteiger partial charge in [-0.05, 0) is 55.5 Å². The second kappa shape index (κ2) is 12.4. The lowest BCUT2D eigenvalue weighted by Crippen LogP contribution is -2.42. The van der Waals surface area contributed by atoms with Crippen LogP contribution in [0.5, 0.6) is 0 Å². The fourth-order valence-electron chi connectivity index (χ4n) is 5.85. The first-order valence-corrected chi connectivity index (χ1v) is 13.8. The predicted molar refractivity (Wildman–Crippen MR) is 153 cm³/mol. The number of rotatable bonds is 9. The summed E-state index contributed by atoms with van der Waals surface area (Å²) in [6.45, 7) is 4.90. The van der Waals surface area contributed by atoms with E-state index in [1.807, 2.05) is 30.3 Å². The van der Waals surface area contributed by atoms with E-state index < -0.39 is 23.6 Å². The highest BCUT2D eigenvalue weighted by molar-refractivity contribution is 6.03. The normalized spacial score (nSPS) is 20.2. The van der Waals surface area contributed by atoms with Gasteiger partial charge in [-0.15, -0.1) is 0 Å². The molecule has 3 N–H and O–H groups in total. The Labute approximate surface area is 239 Å². The van der Waals surface area contributed by atoms with Crippen molar-refractivity contribution >= 4 is 41.4 Å². The number of hydrogen-bond donors (Lipinski definition) is 3. The van der Waals surface area contributed by atoms with Crippen LogP contribution in [0.1, 0.15) is 70.2 Å². The van der Waals surface area contributed by atoms with E-state index in [0.29, 0.717) is 37.1 Å². The minimum Gasteiger partial charge on any atom is -0.477 e. The minimum atomic E-state index is -1.28. The Hall–Kier alpha value is -4.47. The molecule has 2 aliphatic rings. The number of amides is 4. The molecule has 216 valence electrons. The molecule has 0 radical (unpaired) electrons. The van der Waals surface area contributed by atoms with Crippen molar-refractivity contribution in [3.63, 3.8) is 0 Å². The molecule has 0 spiro atoms. The summed E-state index contributed by atoms with van der Waals surface area (Å²) in [5.74, 6) is -2.26. The van der Waals surface area contributed by atoms with E-state index >= 15 is 0 Å². The smallest absolute Gasteiger partial charge is 0.352 e. The first-order valence-electron chi connectivity index (χ1n) is 13.8. The van der Waals surface area contributed by atoms with E-state index in [9.17, 15) is 29.1 Å². The third kappa shape index (κ3) is 6.32. The summed E-state index contributed by atoms with van der Waals surface area (Å²) in [5, 5.41) is 15.2. The number of nitrogens with zero attached hydrogens (tertiary/aromatic N) is 2. The Morgan fingerprint density at radius 1 is 1.00 bits per heavy atom. The lowest BCUT2D eigenvalue weighted by atomic mass is 9.81. The Morgan fingerprint density at radius 3 is 2.20 bits per heavy atom. The zero-order valence-corrected chi connectivity index (χ0v) is 23.6. The van der Waals surface area contributed by atoms with Crippen LogP contribution in [-0.2, 0) is 24.0 Å². The molecule has 2 unspecified atom stereocenters. The number of benzene rings is 2. The van der Waals surface area contributed by atoms with E-state index in [0.717, 1.165) is 18.4 Å². The lowest BCUT2D eigenvalue weighted by Gasteiger charge is -2.30. The molecule has 2 aromatic rings. The first kappa shape index (κ1) is 29.5. The fourth-order valence-corrected chi connectivity index (χ4v) is 5.85. The van der Waals surface area contributed by atoms with Crippen LogP contribution in [-0.4, -0.2) is 52.2 Å². The molecule has 2 atom stereocenters. The van der Waals surface area contributed by atoms with Crippen LogP contribution < -0.4 is 15.5 Å². The maximum Gasteiger partial charge on any atom is 0.352 e. The van der Waals surface area contributed by atoms with E-state index in [1.54, 1.807) is 41.0 Å². The standard InChI is InChI=1S/C31H36N4O6/c1-20-28(38)35(27(34(20)22(3)37)24-9-5-4-6-10-24)25-13-11-23(12-14-25)19-26(29(39)40)33-30(41)31(15-7-8-16-31)17-18-32-21(2)36/h4-6,9-14,19-20,27H,7-8,15-18H2,1-3H3,(H,32,36)(H,33,41)(H,39,40). The maximum absolute atomic E-state index is 13.3. The van der Waals surface area contributed by atoms with Crippen molar-refractivity contribution in [1.82, 2.24) is 15.5 Å². The zero-order valence-electron chi connectivity index (χ0n) is 23.6. The predicted octanol–water partition coefficient (Wildman–Crippen LogP) is 3.60. The van der Waals surface area contributed by atoms with Crippen molar-refractivity contribution in [2.75, 3.05) is 11.4 Å². The number of hydrogen-bond acceptors (Lipinski definition) is 5. The Morgan fingerprint density at radius 2 is 1.63 bits per heavy atom. The summed E-state index contributed by atoms with van der Waals surface area (Å²) in [4.78, 5) is 65.7. The Kier molecular flexibility index (Phi) is 8.90. The van der Waals surface area contributed by atoms with Crippen molar-refractivity contribution in [2.24, 2.45) is 5.41 Å². The van der Waals surface area contributed by atoms with Crippen molar-refractivity contribution < 1.29 is 29.1 Å². The van der Waals surface area contributed by atoms with Crippen molar-refractivity contribution in [2.45, 2.75) is 65.1 Å². The van der Waals surface area contributed by atoms with Gasteiger partial charge in [0.05, 0.1) is 5.41 Å². The van der Waals surface area contributed by atoms with Crippen LogP contribution in [0.15, 0.2) is 60.3 Å². The summed E-state index contributed by atoms with van der Waals surface area (Å²) >= 11 is 0. The van der Waals surface area contributed by atoms with Crippen LogP contribution in [0.3, 0.4) is 0 Å². The highest BCUT2D eigenvalue weighted by atomic mass is 16.4. The maximum atomic E-state index is 13.3. The Balaban J connectivity index is 1.58. The molecule has 1 heterocycles. The molecule has 1 aliphatic carbocycles. The van der Waals surface area contributed by atoms with E-state index in [4.69, 9.17) is 0 Å². The number of carbonyl (C=O) groups is 5. The van der Waals surface area contributed by atoms with Crippen molar-refractivity contribution in [1.29, 1.82) is 0 Å². The van der Waals surface area contributed by atoms with Gasteiger partial charge in [-0.1, -0.05) is 55.3 Å². The summed E-state index contributed by atoms with van der Waals surface area (Å²) in [6.07, 6.45) is 4.17. The van der Waals surface area contributed by atoms with Gasteiger partial charge < -0.3 is 20.6 Å². The molecule has 2 fully saturated rings. The number of anilines is 1. The summed E-state index contributed by atoms with van der Waals surface area (Å²) in [6, 6.07) is 15.4. The zero-order chi connectivity index (χ0) is 29.7. The second-order valence-corrected chi connectivity index (χ2v) is 10.7. The molecular weight excluding hydrogens is 524 g/mol. The molecule has 0 bridgehead atoms. The van der Waals surface area contributed by atoms with Gasteiger partial charge >= 0.3 is 5.97 Å². The Bertz CT molecular complexity index is 1350. The molecule has 4 rings (SSSR count). The molecule has 10 heteroatoms. The van der Waals surface area contributed by atoms with Gasteiger partial charge in [0.25, 0.3) is 5.91 Å². The largest absolute Gasteiger partial charge is 0.477 e. The highest BCUT2D eigenvalue weighted by Gasteiger charge is 2.46. The van der Waals surface area contributed by atoms with Crippen LogP contribution >= 0.6 is 0 Å². The molecular formula is C31H36N4O6. The van der Waals surface area contributed by atoms with E-state index in [-0.39, 0.29) is 29.3 Å². The topological polar surface area (TPSA) is 136 Å². The summed E-state index contributed by atoms with van der Waals surface area (Å²) in [7, 11) is 0. The van der Waals surface area contributed by atoms with Gasteiger partial charge in [-0.3, -0.25) is 24.1 Å². The fraction of sp³-hybridized carbons (Fsp3) is 0.387. The molecule has 41 heavy (non-hydrogen) atoms. The number of carboxylic acids is 1. The van der Waals surface area contributed by atoms with Crippen molar-refractivity contribution in [3.05, 3.63) is 71.4 Å². The third-order valence-corrected chi connectivity index (χ3v) is 7.96. The minimum absolute atomic E-state index is 0.178. The van der Waals surface area contributed by atoms with Gasteiger partial charge in [0.1, 0.15) is 17.9 Å². The first-order chi connectivity index (χ1) is 19.5. The average Bonchev–Trinajstić information content (AvgIpc) is 3.52. The van der Waals surface area contributed by atoms with Crippen LogP contribution in [0.2, 0.25) is 0 Å². The molecule has 1 aliphatic heterocycles. The summed E-state index contributed by atoms with van der Waals surface area (Å²) in [5.41, 5.74) is 0.872. The SMILES string of the molecule is CC(=O)NCCC1(C(=O)NC(=Cc2ccc(N3C(=O)C(C)N(C(C)=O)C3c3ccccc3)cc2)C(=O)O)CCCC1. The van der Waals surface area contributed by atoms with Crippen LogP contribution in [0.4, 0.5) is 5.69 Å². The van der Waals surface area contributed by atoms with Crippen LogP contribution in [0, 0.1) is 5.41 Å². The molecule has 10 nitrogen and oxygen atoms in total. The summed E-state index contributed by atoms with van der Waals surface area (Å²) < 4.78 is 0. The number of carbonyl (C=O) groups excluding carboxylic acids is 4. The third-order valence-electron chi connectivity index (χ3n) is 7.96. The average molecular weight is 561 g/mol.